The maximum Gasteiger partial charge on any atom is 0.164 e. The molecule has 1 aliphatic rings. The second-order valence-electron chi connectivity index (χ2n) is 7.14. The molecule has 0 aromatic carbocycles. The van der Waals surface area contributed by atoms with Crippen LogP contribution in [0.2, 0.25) is 0 Å². The number of hydrogen-bond donors (Lipinski definition) is 1. The van der Waals surface area contributed by atoms with E-state index in [9.17, 15) is 5.26 Å². The van der Waals surface area contributed by atoms with E-state index in [-0.39, 0.29) is 12.5 Å². The molecule has 9 heteroatoms. The number of fused-ring (bicyclic) bond motifs is 1. The van der Waals surface area contributed by atoms with Crippen LogP contribution in [0.4, 0.5) is 5.69 Å². The Bertz CT molecular complexity index is 1200. The van der Waals surface area contributed by atoms with Gasteiger partial charge in [-0.25, -0.2) is 9.97 Å². The topological polar surface area (TPSA) is 109 Å². The lowest BCUT2D eigenvalue weighted by atomic mass is 10.1. The number of aromatic nitrogens is 6. The van der Waals surface area contributed by atoms with Crippen LogP contribution in [0.25, 0.3) is 22.4 Å². The first-order valence-corrected chi connectivity index (χ1v) is 9.81. The molecular formula is C21H20N8O. The van der Waals surface area contributed by atoms with Gasteiger partial charge >= 0.3 is 0 Å². The first-order valence-electron chi connectivity index (χ1n) is 9.81. The molecule has 1 saturated heterocycles. The van der Waals surface area contributed by atoms with Gasteiger partial charge in [0.15, 0.2) is 5.82 Å². The Labute approximate surface area is 173 Å². The number of pyridine rings is 1. The number of nitrogens with one attached hydrogen (secondary N) is 1. The molecule has 0 amide bonds. The van der Waals surface area contributed by atoms with Gasteiger partial charge in [0.2, 0.25) is 0 Å². The second-order valence-corrected chi connectivity index (χ2v) is 7.14. The first kappa shape index (κ1) is 18.3. The number of H-pyrrole nitrogens is 1. The Kier molecular flexibility index (Phi) is 4.83. The molecule has 5 heterocycles. The van der Waals surface area contributed by atoms with Gasteiger partial charge in [0, 0.05) is 43.3 Å². The monoisotopic (exact) mass is 400 g/mol. The highest BCUT2D eigenvalue weighted by Crippen LogP contribution is 2.27. The van der Waals surface area contributed by atoms with E-state index in [4.69, 9.17) is 4.74 Å². The lowest BCUT2D eigenvalue weighted by molar-refractivity contribution is 0.122. The van der Waals surface area contributed by atoms with Crippen molar-refractivity contribution in [3.63, 3.8) is 0 Å². The molecule has 0 saturated carbocycles. The summed E-state index contributed by atoms with van der Waals surface area (Å²) in [7, 11) is 0. The van der Waals surface area contributed by atoms with Gasteiger partial charge in [-0.05, 0) is 17.7 Å². The quantitative estimate of drug-likeness (QED) is 0.548. The molecule has 150 valence electrons. The fraction of sp³-hybridized carbons (Fsp3) is 0.286. The number of morpholine rings is 1. The van der Waals surface area contributed by atoms with Gasteiger partial charge in [0.05, 0.1) is 55.4 Å². The molecule has 1 unspecified atom stereocenters. The summed E-state index contributed by atoms with van der Waals surface area (Å²) in [4.78, 5) is 18.8. The summed E-state index contributed by atoms with van der Waals surface area (Å²) < 4.78 is 7.23. The maximum atomic E-state index is 9.43. The van der Waals surface area contributed by atoms with Crippen LogP contribution >= 0.6 is 0 Å². The van der Waals surface area contributed by atoms with E-state index >= 15 is 0 Å². The molecule has 4 aromatic rings. The lowest BCUT2D eigenvalue weighted by Gasteiger charge is -2.29. The molecule has 30 heavy (non-hydrogen) atoms. The molecule has 1 fully saturated rings. The molecule has 9 nitrogen and oxygen atoms in total. The summed E-state index contributed by atoms with van der Waals surface area (Å²) in [6.45, 7) is 3.08. The van der Waals surface area contributed by atoms with E-state index in [0.717, 1.165) is 40.9 Å². The number of nitriles is 1. The van der Waals surface area contributed by atoms with E-state index in [0.29, 0.717) is 19.0 Å². The van der Waals surface area contributed by atoms with Crippen molar-refractivity contribution in [3.05, 3.63) is 54.9 Å². The zero-order valence-electron chi connectivity index (χ0n) is 16.3. The van der Waals surface area contributed by atoms with Crippen LogP contribution in [0.5, 0.6) is 0 Å². The standard InChI is InChI=1S/C21H20N8O/c22-3-1-19(16-9-18(13-23-10-16)28-5-7-30-8-6-28)29-14-17(12-26-29)21-25-11-15-2-4-24-20(15)27-21/h2,4,9-14,19H,1,5-8H2,(H,24,25,27). The van der Waals surface area contributed by atoms with Crippen molar-refractivity contribution in [2.75, 3.05) is 31.2 Å². The van der Waals surface area contributed by atoms with Crippen LogP contribution in [0.1, 0.15) is 18.0 Å². The Hall–Kier alpha value is -3.77. The summed E-state index contributed by atoms with van der Waals surface area (Å²) in [5.74, 6) is 0.590. The van der Waals surface area contributed by atoms with Crippen molar-refractivity contribution >= 4 is 16.7 Å². The Morgan fingerprint density at radius 3 is 2.97 bits per heavy atom. The molecule has 0 radical (unpaired) electrons. The van der Waals surface area contributed by atoms with Crippen LogP contribution in [0.15, 0.2) is 49.3 Å². The Balaban J connectivity index is 1.46. The molecule has 1 N–H and O–H groups in total. The number of anilines is 1. The van der Waals surface area contributed by atoms with Crippen molar-refractivity contribution < 1.29 is 4.74 Å². The van der Waals surface area contributed by atoms with Gasteiger partial charge in [-0.15, -0.1) is 0 Å². The minimum absolute atomic E-state index is 0.244. The van der Waals surface area contributed by atoms with Crippen LogP contribution in [-0.4, -0.2) is 56.0 Å². The predicted octanol–water partition coefficient (Wildman–Crippen LogP) is 2.56. The zero-order valence-corrected chi connectivity index (χ0v) is 16.3. The summed E-state index contributed by atoms with van der Waals surface area (Å²) >= 11 is 0. The molecule has 1 atom stereocenters. The smallest absolute Gasteiger partial charge is 0.164 e. The minimum Gasteiger partial charge on any atom is -0.378 e. The molecule has 5 rings (SSSR count). The number of aromatic amines is 1. The summed E-state index contributed by atoms with van der Waals surface area (Å²) in [6, 6.07) is 6.05. The average Bonchev–Trinajstić information content (AvgIpc) is 3.47. The van der Waals surface area contributed by atoms with E-state index in [1.54, 1.807) is 23.3 Å². The second kappa shape index (κ2) is 7.93. The Morgan fingerprint density at radius 2 is 2.10 bits per heavy atom. The highest BCUT2D eigenvalue weighted by Gasteiger charge is 2.19. The van der Waals surface area contributed by atoms with Crippen LogP contribution < -0.4 is 4.90 Å². The van der Waals surface area contributed by atoms with Crippen LogP contribution in [0, 0.1) is 11.3 Å². The van der Waals surface area contributed by atoms with E-state index in [1.807, 2.05) is 24.7 Å². The third kappa shape index (κ3) is 3.49. The van der Waals surface area contributed by atoms with Crippen molar-refractivity contribution in [2.24, 2.45) is 0 Å². The van der Waals surface area contributed by atoms with Gasteiger partial charge in [-0.3, -0.25) is 9.67 Å². The molecule has 0 aliphatic carbocycles. The van der Waals surface area contributed by atoms with Gasteiger partial charge in [0.1, 0.15) is 5.65 Å². The first-order chi connectivity index (χ1) is 14.8. The van der Waals surface area contributed by atoms with Gasteiger partial charge in [-0.1, -0.05) is 0 Å². The lowest BCUT2D eigenvalue weighted by Crippen LogP contribution is -2.36. The average molecular weight is 400 g/mol. The van der Waals surface area contributed by atoms with Crippen molar-refractivity contribution in [2.45, 2.75) is 12.5 Å². The molecular weight excluding hydrogens is 380 g/mol. The minimum atomic E-state index is -0.244. The van der Waals surface area contributed by atoms with E-state index in [2.05, 4.69) is 42.1 Å². The highest BCUT2D eigenvalue weighted by atomic mass is 16.5. The fourth-order valence-electron chi connectivity index (χ4n) is 3.67. The molecule has 0 spiro atoms. The molecule has 0 bridgehead atoms. The number of hydrogen-bond acceptors (Lipinski definition) is 7. The predicted molar refractivity (Wildman–Crippen MR) is 111 cm³/mol. The number of ether oxygens (including phenoxy) is 1. The normalized spacial score (nSPS) is 15.2. The zero-order chi connectivity index (χ0) is 20.3. The van der Waals surface area contributed by atoms with Crippen molar-refractivity contribution in [1.82, 2.24) is 29.7 Å². The van der Waals surface area contributed by atoms with Gasteiger partial charge in [0.25, 0.3) is 0 Å². The number of nitrogens with zero attached hydrogens (tertiary/aromatic N) is 7. The maximum absolute atomic E-state index is 9.43. The molecule has 4 aromatic heterocycles. The summed E-state index contributed by atoms with van der Waals surface area (Å²) in [5.41, 5.74) is 3.55. The van der Waals surface area contributed by atoms with Gasteiger partial charge in [-0.2, -0.15) is 10.4 Å². The third-order valence-electron chi connectivity index (χ3n) is 5.27. The summed E-state index contributed by atoms with van der Waals surface area (Å²) in [6.07, 6.45) is 11.2. The van der Waals surface area contributed by atoms with Crippen LogP contribution in [-0.2, 0) is 4.74 Å². The third-order valence-corrected chi connectivity index (χ3v) is 5.27. The fourth-order valence-corrected chi connectivity index (χ4v) is 3.67. The molecule has 1 aliphatic heterocycles. The van der Waals surface area contributed by atoms with E-state index in [1.165, 1.54) is 0 Å². The van der Waals surface area contributed by atoms with Crippen LogP contribution in [0.3, 0.4) is 0 Å². The number of rotatable bonds is 5. The Morgan fingerprint density at radius 1 is 1.20 bits per heavy atom. The van der Waals surface area contributed by atoms with Crippen molar-refractivity contribution in [3.8, 4) is 17.5 Å². The van der Waals surface area contributed by atoms with Gasteiger partial charge < -0.3 is 14.6 Å². The highest BCUT2D eigenvalue weighted by molar-refractivity contribution is 5.76. The summed E-state index contributed by atoms with van der Waals surface area (Å²) in [5, 5.41) is 14.9. The van der Waals surface area contributed by atoms with E-state index < -0.39 is 0 Å². The SMILES string of the molecule is N#CCC(c1cncc(N2CCOCC2)c1)n1cc(-c2ncc3cc[nH]c3n2)cn1. The van der Waals surface area contributed by atoms with Crippen molar-refractivity contribution in [1.29, 1.82) is 5.26 Å². The largest absolute Gasteiger partial charge is 0.378 e.